The molecule has 2 aliphatic rings. The van der Waals surface area contributed by atoms with Crippen molar-refractivity contribution in [2.75, 3.05) is 39.4 Å². The summed E-state index contributed by atoms with van der Waals surface area (Å²) in [6.45, 7) is 5.60. The molecule has 0 saturated carbocycles. The number of esters is 1. The van der Waals surface area contributed by atoms with Gasteiger partial charge in [0.05, 0.1) is 18.6 Å². The highest BCUT2D eigenvalue weighted by molar-refractivity contribution is 6.30. The van der Waals surface area contributed by atoms with Gasteiger partial charge in [-0.1, -0.05) is 23.7 Å². The second-order valence-corrected chi connectivity index (χ2v) is 7.99. The molecule has 7 heteroatoms. The average Bonchev–Trinajstić information content (AvgIpc) is 3.22. The van der Waals surface area contributed by atoms with E-state index in [0.717, 1.165) is 25.1 Å². The molecule has 28 heavy (non-hydrogen) atoms. The van der Waals surface area contributed by atoms with Crippen molar-refractivity contribution in [3.8, 4) is 0 Å². The molecular weight excluding hydrogens is 380 g/mol. The molecule has 154 valence electrons. The Morgan fingerprint density at radius 3 is 2.50 bits per heavy atom. The van der Waals surface area contributed by atoms with Gasteiger partial charge in [-0.05, 0) is 50.3 Å². The van der Waals surface area contributed by atoms with E-state index in [4.69, 9.17) is 21.2 Å². The highest BCUT2D eigenvalue weighted by Crippen LogP contribution is 2.37. The summed E-state index contributed by atoms with van der Waals surface area (Å²) in [5.74, 6) is -0.0398. The van der Waals surface area contributed by atoms with Gasteiger partial charge >= 0.3 is 5.97 Å². The van der Waals surface area contributed by atoms with Gasteiger partial charge in [0.15, 0.2) is 0 Å². The molecule has 0 unspecified atom stereocenters. The van der Waals surface area contributed by atoms with Crippen molar-refractivity contribution in [1.82, 2.24) is 9.96 Å². The molecule has 2 fully saturated rings. The summed E-state index contributed by atoms with van der Waals surface area (Å²) in [5.41, 5.74) is 0.474. The van der Waals surface area contributed by atoms with E-state index >= 15 is 0 Å². The fourth-order valence-corrected chi connectivity index (χ4v) is 4.09. The number of hydrogen-bond acceptors (Lipinski definition) is 5. The van der Waals surface area contributed by atoms with Gasteiger partial charge < -0.3 is 9.64 Å². The summed E-state index contributed by atoms with van der Waals surface area (Å²) in [7, 11) is 0. The summed E-state index contributed by atoms with van der Waals surface area (Å²) in [5, 5.41) is 2.54. The van der Waals surface area contributed by atoms with Gasteiger partial charge in [0.2, 0.25) is 5.91 Å². The Morgan fingerprint density at radius 2 is 1.89 bits per heavy atom. The van der Waals surface area contributed by atoms with Crippen molar-refractivity contribution in [3.05, 3.63) is 34.9 Å². The number of halogens is 1. The molecule has 6 nitrogen and oxygen atoms in total. The molecule has 0 spiro atoms. The number of carbonyl (C=O) groups excluding carboxylic acids is 2. The lowest BCUT2D eigenvalue weighted by molar-refractivity contribution is -0.160. The molecule has 1 aromatic rings. The predicted octanol–water partition coefficient (Wildman–Crippen LogP) is 3.08. The minimum absolute atomic E-state index is 0.124. The highest BCUT2D eigenvalue weighted by Gasteiger charge is 2.43. The fraction of sp³-hybridized carbons (Fsp3) is 0.619. The Bertz CT molecular complexity index is 665. The smallest absolute Gasteiger partial charge is 0.312 e. The van der Waals surface area contributed by atoms with Crippen LogP contribution in [0.5, 0.6) is 0 Å². The zero-order valence-corrected chi connectivity index (χ0v) is 17.2. The third-order valence-corrected chi connectivity index (χ3v) is 5.89. The van der Waals surface area contributed by atoms with E-state index in [2.05, 4.69) is 0 Å². The van der Waals surface area contributed by atoms with E-state index in [9.17, 15) is 9.59 Å². The predicted molar refractivity (Wildman–Crippen MR) is 107 cm³/mol. The zero-order valence-electron chi connectivity index (χ0n) is 16.5. The number of hydrogen-bond donors (Lipinski definition) is 0. The number of nitrogens with zero attached hydrogens (tertiary/aromatic N) is 2. The lowest BCUT2D eigenvalue weighted by Gasteiger charge is -2.40. The van der Waals surface area contributed by atoms with Gasteiger partial charge in [0.25, 0.3) is 0 Å². The molecule has 0 N–H and O–H groups in total. The number of piperidine rings is 1. The zero-order chi connectivity index (χ0) is 20.0. The normalized spacial score (nSPS) is 19.6. The molecule has 1 aromatic carbocycles. The van der Waals surface area contributed by atoms with Crippen LogP contribution < -0.4 is 0 Å². The maximum Gasteiger partial charge on any atom is 0.312 e. The number of benzene rings is 1. The lowest BCUT2D eigenvalue weighted by Crippen LogP contribution is -2.48. The van der Waals surface area contributed by atoms with Gasteiger partial charge in [0.1, 0.15) is 0 Å². The van der Waals surface area contributed by atoms with Gasteiger partial charge in [-0.25, -0.2) is 0 Å². The molecule has 0 aliphatic carbocycles. The van der Waals surface area contributed by atoms with Crippen LogP contribution in [-0.4, -0.2) is 61.2 Å². The van der Waals surface area contributed by atoms with Crippen LogP contribution in [0.1, 0.15) is 38.2 Å². The first-order valence-electron chi connectivity index (χ1n) is 10.1. The second-order valence-electron chi connectivity index (χ2n) is 7.55. The third-order valence-electron chi connectivity index (χ3n) is 5.64. The number of carbonyl (C=O) groups is 2. The summed E-state index contributed by atoms with van der Waals surface area (Å²) in [4.78, 5) is 32.7. The van der Waals surface area contributed by atoms with Crippen LogP contribution in [0.4, 0.5) is 0 Å². The summed E-state index contributed by atoms with van der Waals surface area (Å²) in [6.07, 6.45) is 3.29. The molecule has 3 rings (SSSR count). The molecule has 0 radical (unpaired) electrons. The minimum atomic E-state index is -0.585. The first-order valence-corrected chi connectivity index (χ1v) is 10.5. The van der Waals surface area contributed by atoms with E-state index in [1.807, 2.05) is 41.2 Å². The van der Waals surface area contributed by atoms with Crippen LogP contribution >= 0.6 is 11.6 Å². The van der Waals surface area contributed by atoms with E-state index in [0.29, 0.717) is 56.9 Å². The Balaban J connectivity index is 1.60. The summed E-state index contributed by atoms with van der Waals surface area (Å²) >= 11 is 5.98. The monoisotopic (exact) mass is 408 g/mol. The van der Waals surface area contributed by atoms with Crippen LogP contribution in [0.15, 0.2) is 24.3 Å². The highest BCUT2D eigenvalue weighted by atomic mass is 35.5. The van der Waals surface area contributed by atoms with Gasteiger partial charge in [-0.2, -0.15) is 5.06 Å². The van der Waals surface area contributed by atoms with Crippen molar-refractivity contribution in [3.63, 3.8) is 0 Å². The van der Waals surface area contributed by atoms with E-state index in [-0.39, 0.29) is 11.9 Å². The molecule has 1 amide bonds. The second kappa shape index (κ2) is 9.72. The first kappa shape index (κ1) is 21.1. The number of likely N-dealkylation sites (tertiary alicyclic amines) is 1. The number of ether oxygens (including phenoxy) is 1. The molecule has 0 atom stereocenters. The Hall–Kier alpha value is -1.63. The molecule has 0 aromatic heterocycles. The molecule has 2 heterocycles. The van der Waals surface area contributed by atoms with Crippen LogP contribution in [0.3, 0.4) is 0 Å². The van der Waals surface area contributed by atoms with Crippen LogP contribution in [0, 0.1) is 5.41 Å². The van der Waals surface area contributed by atoms with Crippen molar-refractivity contribution in [2.45, 2.75) is 39.0 Å². The Kier molecular flexibility index (Phi) is 7.32. The van der Waals surface area contributed by atoms with Crippen LogP contribution in [0.2, 0.25) is 5.02 Å². The molecule has 2 aliphatic heterocycles. The van der Waals surface area contributed by atoms with E-state index in [1.54, 1.807) is 0 Å². The topological polar surface area (TPSA) is 59.1 Å². The van der Waals surface area contributed by atoms with E-state index in [1.165, 1.54) is 0 Å². The van der Waals surface area contributed by atoms with Gasteiger partial charge in [-0.3, -0.25) is 14.4 Å². The Labute approximate surface area is 171 Å². The standard InChI is InChI=1S/C21H29ClN2O4/c1-2-27-20(26)21(16-17-4-6-18(22)7-5-17)9-13-23(14-10-21)19(25)8-12-24-11-3-15-28-24/h4-7H,2-3,8-16H2,1H3. The van der Waals surface area contributed by atoms with Crippen LogP contribution in [0.25, 0.3) is 0 Å². The molecule has 2 saturated heterocycles. The van der Waals surface area contributed by atoms with Gasteiger partial charge in [-0.15, -0.1) is 0 Å². The number of hydroxylamine groups is 2. The number of amides is 1. The van der Waals surface area contributed by atoms with Crippen molar-refractivity contribution < 1.29 is 19.2 Å². The third kappa shape index (κ3) is 5.25. The number of rotatable bonds is 7. The van der Waals surface area contributed by atoms with Crippen molar-refractivity contribution in [1.29, 1.82) is 0 Å². The Morgan fingerprint density at radius 1 is 1.18 bits per heavy atom. The molecular formula is C21H29ClN2O4. The lowest BCUT2D eigenvalue weighted by atomic mass is 9.73. The largest absolute Gasteiger partial charge is 0.466 e. The minimum Gasteiger partial charge on any atom is -0.466 e. The quantitative estimate of drug-likeness (QED) is 0.649. The molecule has 0 bridgehead atoms. The van der Waals surface area contributed by atoms with Crippen molar-refractivity contribution in [2.24, 2.45) is 5.41 Å². The fourth-order valence-electron chi connectivity index (χ4n) is 3.97. The van der Waals surface area contributed by atoms with Crippen molar-refractivity contribution >= 4 is 23.5 Å². The van der Waals surface area contributed by atoms with Gasteiger partial charge in [0, 0.05) is 37.6 Å². The SMILES string of the molecule is CCOC(=O)C1(Cc2ccc(Cl)cc2)CCN(C(=O)CCN2CCCO2)CC1. The summed E-state index contributed by atoms with van der Waals surface area (Å²) in [6, 6.07) is 7.59. The summed E-state index contributed by atoms with van der Waals surface area (Å²) < 4.78 is 5.40. The average molecular weight is 409 g/mol. The maximum absolute atomic E-state index is 12.8. The van der Waals surface area contributed by atoms with Crippen LogP contribution in [-0.2, 0) is 25.6 Å². The first-order chi connectivity index (χ1) is 13.5. The van der Waals surface area contributed by atoms with E-state index < -0.39 is 5.41 Å². The maximum atomic E-state index is 12.8.